The van der Waals surface area contributed by atoms with E-state index in [-0.39, 0.29) is 30.7 Å². The SMILES string of the molecule is CCc1nc(CC(=O)OCc2ncc(-c3ccc(F)cc3)o2)cs1. The highest BCUT2D eigenvalue weighted by molar-refractivity contribution is 7.09. The molecule has 0 spiro atoms. The quantitative estimate of drug-likeness (QED) is 0.636. The third-order valence-electron chi connectivity index (χ3n) is 3.27. The Morgan fingerprint density at radius 1 is 1.33 bits per heavy atom. The van der Waals surface area contributed by atoms with E-state index in [1.54, 1.807) is 12.1 Å². The number of aryl methyl sites for hydroxylation is 1. The second-order valence-corrected chi connectivity index (χ2v) is 5.99. The van der Waals surface area contributed by atoms with E-state index in [2.05, 4.69) is 9.97 Å². The number of carbonyl (C=O) groups is 1. The average molecular weight is 346 g/mol. The first-order chi connectivity index (χ1) is 11.6. The molecule has 0 aliphatic carbocycles. The first-order valence-electron chi connectivity index (χ1n) is 7.43. The van der Waals surface area contributed by atoms with Gasteiger partial charge in [0.25, 0.3) is 0 Å². The molecule has 3 aromatic rings. The Morgan fingerprint density at radius 2 is 2.12 bits per heavy atom. The highest BCUT2D eigenvalue weighted by atomic mass is 32.1. The van der Waals surface area contributed by atoms with Gasteiger partial charge in [0.15, 0.2) is 12.4 Å². The number of esters is 1. The Bertz CT molecular complexity index is 826. The second kappa shape index (κ2) is 7.35. The molecule has 7 heteroatoms. The highest BCUT2D eigenvalue weighted by Gasteiger charge is 2.12. The summed E-state index contributed by atoms with van der Waals surface area (Å²) in [5.41, 5.74) is 1.41. The van der Waals surface area contributed by atoms with Crippen LogP contribution in [0.4, 0.5) is 4.39 Å². The smallest absolute Gasteiger partial charge is 0.312 e. The van der Waals surface area contributed by atoms with Gasteiger partial charge >= 0.3 is 5.97 Å². The predicted octanol–water partition coefficient (Wildman–Crippen LogP) is 3.79. The molecule has 1 aromatic carbocycles. The van der Waals surface area contributed by atoms with Crippen molar-refractivity contribution in [1.82, 2.24) is 9.97 Å². The number of ether oxygens (including phenoxy) is 1. The topological polar surface area (TPSA) is 65.2 Å². The fourth-order valence-corrected chi connectivity index (χ4v) is 2.80. The average Bonchev–Trinajstić information content (AvgIpc) is 3.23. The summed E-state index contributed by atoms with van der Waals surface area (Å²) < 4.78 is 23.6. The number of oxazole rings is 1. The van der Waals surface area contributed by atoms with Crippen molar-refractivity contribution < 1.29 is 18.3 Å². The summed E-state index contributed by atoms with van der Waals surface area (Å²) in [6.45, 7) is 1.97. The molecule has 0 aliphatic heterocycles. The van der Waals surface area contributed by atoms with Gasteiger partial charge < -0.3 is 9.15 Å². The highest BCUT2D eigenvalue weighted by Crippen LogP contribution is 2.21. The summed E-state index contributed by atoms with van der Waals surface area (Å²) in [5, 5.41) is 2.85. The summed E-state index contributed by atoms with van der Waals surface area (Å²) in [7, 11) is 0. The molecule has 0 aliphatic rings. The number of benzene rings is 1. The number of aromatic nitrogens is 2. The fourth-order valence-electron chi connectivity index (χ4n) is 2.06. The van der Waals surface area contributed by atoms with Crippen LogP contribution in [-0.4, -0.2) is 15.9 Å². The van der Waals surface area contributed by atoms with Crippen molar-refractivity contribution in [3.8, 4) is 11.3 Å². The molecule has 0 unspecified atom stereocenters. The third kappa shape index (κ3) is 4.05. The predicted molar refractivity (Wildman–Crippen MR) is 86.9 cm³/mol. The van der Waals surface area contributed by atoms with Gasteiger partial charge in [-0.1, -0.05) is 6.92 Å². The van der Waals surface area contributed by atoms with Gasteiger partial charge in [-0.25, -0.2) is 14.4 Å². The number of carbonyl (C=O) groups excluding carboxylic acids is 1. The summed E-state index contributed by atoms with van der Waals surface area (Å²) in [5.74, 6) is 0.0773. The molecule has 0 fully saturated rings. The van der Waals surface area contributed by atoms with Gasteiger partial charge in [0, 0.05) is 10.9 Å². The van der Waals surface area contributed by atoms with Crippen LogP contribution >= 0.6 is 11.3 Å². The zero-order valence-corrected chi connectivity index (χ0v) is 13.8. The maximum atomic E-state index is 12.9. The van der Waals surface area contributed by atoms with E-state index in [0.29, 0.717) is 17.0 Å². The zero-order chi connectivity index (χ0) is 16.9. The molecule has 0 atom stereocenters. The van der Waals surface area contributed by atoms with Crippen LogP contribution in [0.3, 0.4) is 0 Å². The van der Waals surface area contributed by atoms with Crippen molar-refractivity contribution in [1.29, 1.82) is 0 Å². The van der Waals surface area contributed by atoms with Crippen LogP contribution in [0.25, 0.3) is 11.3 Å². The zero-order valence-electron chi connectivity index (χ0n) is 13.0. The summed E-state index contributed by atoms with van der Waals surface area (Å²) in [4.78, 5) is 20.2. The molecule has 0 amide bonds. The van der Waals surface area contributed by atoms with Crippen LogP contribution in [-0.2, 0) is 29.0 Å². The normalized spacial score (nSPS) is 10.8. The van der Waals surface area contributed by atoms with Crippen LogP contribution in [0, 0.1) is 5.82 Å². The minimum Gasteiger partial charge on any atom is -0.455 e. The Balaban J connectivity index is 1.55. The molecule has 0 saturated heterocycles. The molecular weight excluding hydrogens is 331 g/mol. The lowest BCUT2D eigenvalue weighted by Gasteiger charge is -2.00. The van der Waals surface area contributed by atoms with E-state index >= 15 is 0 Å². The number of halogens is 1. The first kappa shape index (κ1) is 16.3. The minimum absolute atomic E-state index is 0.0508. The van der Waals surface area contributed by atoms with Crippen LogP contribution in [0.5, 0.6) is 0 Å². The molecular formula is C17H15FN2O3S. The third-order valence-corrected chi connectivity index (χ3v) is 4.31. The molecule has 3 rings (SSSR count). The Hall–Kier alpha value is -2.54. The van der Waals surface area contributed by atoms with Crippen LogP contribution in [0.15, 0.2) is 40.3 Å². The Kier molecular flexibility index (Phi) is 5.00. The van der Waals surface area contributed by atoms with Gasteiger partial charge in [-0.15, -0.1) is 11.3 Å². The maximum absolute atomic E-state index is 12.9. The molecule has 2 heterocycles. The lowest BCUT2D eigenvalue weighted by atomic mass is 10.2. The van der Waals surface area contributed by atoms with E-state index in [1.165, 1.54) is 29.7 Å². The number of hydrogen-bond acceptors (Lipinski definition) is 6. The monoisotopic (exact) mass is 346 g/mol. The van der Waals surface area contributed by atoms with Crippen LogP contribution in [0.2, 0.25) is 0 Å². The van der Waals surface area contributed by atoms with Crippen molar-refractivity contribution in [3.05, 3.63) is 58.3 Å². The van der Waals surface area contributed by atoms with E-state index in [0.717, 1.165) is 11.4 Å². The molecule has 24 heavy (non-hydrogen) atoms. The van der Waals surface area contributed by atoms with Gasteiger partial charge in [0.05, 0.1) is 23.3 Å². The van der Waals surface area contributed by atoms with E-state index in [1.807, 2.05) is 12.3 Å². The van der Waals surface area contributed by atoms with Crippen molar-refractivity contribution >= 4 is 17.3 Å². The molecule has 0 saturated carbocycles. The van der Waals surface area contributed by atoms with E-state index in [4.69, 9.17) is 9.15 Å². The number of rotatable bonds is 6. The maximum Gasteiger partial charge on any atom is 0.312 e. The van der Waals surface area contributed by atoms with E-state index in [9.17, 15) is 9.18 Å². The summed E-state index contributed by atoms with van der Waals surface area (Å²) in [6, 6.07) is 5.88. The molecule has 2 aromatic heterocycles. The molecule has 0 bridgehead atoms. The van der Waals surface area contributed by atoms with Crippen molar-refractivity contribution in [2.24, 2.45) is 0 Å². The van der Waals surface area contributed by atoms with Crippen LogP contribution < -0.4 is 0 Å². The number of thiazole rings is 1. The fraction of sp³-hybridized carbons (Fsp3) is 0.235. The molecule has 5 nitrogen and oxygen atoms in total. The minimum atomic E-state index is -0.385. The van der Waals surface area contributed by atoms with Crippen LogP contribution in [0.1, 0.15) is 23.5 Å². The Morgan fingerprint density at radius 3 is 2.83 bits per heavy atom. The molecule has 0 radical (unpaired) electrons. The number of hydrogen-bond donors (Lipinski definition) is 0. The first-order valence-corrected chi connectivity index (χ1v) is 8.31. The van der Waals surface area contributed by atoms with Gasteiger partial charge in [-0.2, -0.15) is 0 Å². The number of nitrogens with zero attached hydrogens (tertiary/aromatic N) is 2. The lowest BCUT2D eigenvalue weighted by molar-refractivity contribution is -0.144. The Labute approximate surface area is 142 Å². The second-order valence-electron chi connectivity index (χ2n) is 5.05. The van der Waals surface area contributed by atoms with Gasteiger partial charge in [-0.3, -0.25) is 4.79 Å². The van der Waals surface area contributed by atoms with Gasteiger partial charge in [0.1, 0.15) is 5.82 Å². The lowest BCUT2D eigenvalue weighted by Crippen LogP contribution is -2.08. The molecule has 124 valence electrons. The largest absolute Gasteiger partial charge is 0.455 e. The van der Waals surface area contributed by atoms with E-state index < -0.39 is 0 Å². The van der Waals surface area contributed by atoms with Gasteiger partial charge in [0.2, 0.25) is 5.89 Å². The van der Waals surface area contributed by atoms with Crippen molar-refractivity contribution in [2.75, 3.05) is 0 Å². The standard InChI is InChI=1S/C17H15FN2O3S/c1-2-16-20-13(10-24-16)7-17(21)22-9-15-19-8-14(23-15)11-3-5-12(18)6-4-11/h3-6,8,10H,2,7,9H2,1H3. The summed E-state index contributed by atoms with van der Waals surface area (Å²) >= 11 is 1.53. The molecule has 0 N–H and O–H groups in total. The van der Waals surface area contributed by atoms with Crippen molar-refractivity contribution in [3.63, 3.8) is 0 Å². The van der Waals surface area contributed by atoms with Gasteiger partial charge in [-0.05, 0) is 30.7 Å². The summed E-state index contributed by atoms with van der Waals surface area (Å²) in [6.07, 6.45) is 2.49. The van der Waals surface area contributed by atoms with Crippen molar-refractivity contribution in [2.45, 2.75) is 26.4 Å².